The van der Waals surface area contributed by atoms with Crippen molar-refractivity contribution in [2.45, 2.75) is 24.8 Å². The SMILES string of the molecule is Cc1ccc(S(=O)(=O)N(C)c2ccc(C(=O)NCC(C)N3CCOCC3)cc2)cc1. The van der Waals surface area contributed by atoms with Crippen molar-refractivity contribution >= 4 is 21.6 Å². The molecule has 0 aliphatic carbocycles. The van der Waals surface area contributed by atoms with E-state index in [0.29, 0.717) is 17.8 Å². The molecule has 0 radical (unpaired) electrons. The number of aryl methyl sites for hydroxylation is 1. The first kappa shape index (κ1) is 22.3. The molecule has 1 atom stereocenters. The minimum absolute atomic E-state index is 0.175. The van der Waals surface area contributed by atoms with E-state index in [9.17, 15) is 13.2 Å². The van der Waals surface area contributed by atoms with Crippen molar-refractivity contribution in [2.24, 2.45) is 0 Å². The van der Waals surface area contributed by atoms with Crippen molar-refractivity contribution in [1.82, 2.24) is 10.2 Å². The Balaban J connectivity index is 1.62. The smallest absolute Gasteiger partial charge is 0.264 e. The number of carbonyl (C=O) groups is 1. The Morgan fingerprint density at radius 1 is 1.10 bits per heavy atom. The van der Waals surface area contributed by atoms with Gasteiger partial charge in [0.15, 0.2) is 0 Å². The van der Waals surface area contributed by atoms with E-state index < -0.39 is 10.0 Å². The van der Waals surface area contributed by atoms with E-state index in [-0.39, 0.29) is 16.8 Å². The number of nitrogens with zero attached hydrogens (tertiary/aromatic N) is 2. The molecule has 1 unspecified atom stereocenters. The van der Waals surface area contributed by atoms with E-state index in [2.05, 4.69) is 17.1 Å². The Labute approximate surface area is 178 Å². The summed E-state index contributed by atoms with van der Waals surface area (Å²) in [7, 11) is -2.15. The summed E-state index contributed by atoms with van der Waals surface area (Å²) in [5, 5.41) is 2.95. The highest BCUT2D eigenvalue weighted by Gasteiger charge is 2.22. The maximum atomic E-state index is 12.8. The summed E-state index contributed by atoms with van der Waals surface area (Å²) < 4.78 is 32.2. The zero-order valence-electron chi connectivity index (χ0n) is 17.7. The van der Waals surface area contributed by atoms with Gasteiger partial charge in [-0.25, -0.2) is 8.42 Å². The molecule has 2 aromatic carbocycles. The Morgan fingerprint density at radius 2 is 1.70 bits per heavy atom. The lowest BCUT2D eigenvalue weighted by atomic mass is 10.2. The summed E-state index contributed by atoms with van der Waals surface area (Å²) in [6.45, 7) is 7.71. The van der Waals surface area contributed by atoms with Gasteiger partial charge in [0.25, 0.3) is 15.9 Å². The van der Waals surface area contributed by atoms with Crippen LogP contribution in [0.15, 0.2) is 53.4 Å². The predicted octanol–water partition coefficient (Wildman–Crippen LogP) is 2.27. The number of morpholine rings is 1. The Bertz CT molecular complexity index is 953. The molecule has 1 heterocycles. The highest BCUT2D eigenvalue weighted by atomic mass is 32.2. The van der Waals surface area contributed by atoms with Gasteiger partial charge in [0.05, 0.1) is 23.8 Å². The molecule has 1 fully saturated rings. The van der Waals surface area contributed by atoms with Gasteiger partial charge < -0.3 is 10.1 Å². The normalized spacial score (nSPS) is 16.1. The molecule has 1 aliphatic heterocycles. The highest BCUT2D eigenvalue weighted by molar-refractivity contribution is 7.92. The largest absolute Gasteiger partial charge is 0.379 e. The maximum absolute atomic E-state index is 12.8. The molecule has 0 spiro atoms. The highest BCUT2D eigenvalue weighted by Crippen LogP contribution is 2.22. The second-order valence-corrected chi connectivity index (χ2v) is 9.51. The third-order valence-electron chi connectivity index (χ3n) is 5.40. The monoisotopic (exact) mass is 431 g/mol. The molecule has 0 bridgehead atoms. The fourth-order valence-electron chi connectivity index (χ4n) is 3.32. The quantitative estimate of drug-likeness (QED) is 0.728. The third kappa shape index (κ3) is 5.19. The number of anilines is 1. The first-order valence-electron chi connectivity index (χ1n) is 10.0. The van der Waals surface area contributed by atoms with Crippen LogP contribution in [0, 0.1) is 6.92 Å². The molecule has 0 saturated carbocycles. The number of hydrogen-bond donors (Lipinski definition) is 1. The van der Waals surface area contributed by atoms with Gasteiger partial charge in [-0.3, -0.25) is 14.0 Å². The van der Waals surface area contributed by atoms with Crippen LogP contribution in [0.5, 0.6) is 0 Å². The second kappa shape index (κ2) is 9.59. The van der Waals surface area contributed by atoms with Crippen molar-refractivity contribution in [3.05, 3.63) is 59.7 Å². The number of benzene rings is 2. The van der Waals surface area contributed by atoms with Crippen LogP contribution in [0.3, 0.4) is 0 Å². The summed E-state index contributed by atoms with van der Waals surface area (Å²) >= 11 is 0. The van der Waals surface area contributed by atoms with E-state index in [1.807, 2.05) is 6.92 Å². The Morgan fingerprint density at radius 3 is 2.30 bits per heavy atom. The van der Waals surface area contributed by atoms with Gasteiger partial charge in [-0.05, 0) is 50.2 Å². The summed E-state index contributed by atoms with van der Waals surface area (Å²) in [6.07, 6.45) is 0. The van der Waals surface area contributed by atoms with Crippen LogP contribution < -0.4 is 9.62 Å². The van der Waals surface area contributed by atoms with E-state index >= 15 is 0 Å². The van der Waals surface area contributed by atoms with E-state index in [0.717, 1.165) is 31.9 Å². The average molecular weight is 432 g/mol. The van der Waals surface area contributed by atoms with Crippen molar-refractivity contribution in [1.29, 1.82) is 0 Å². The number of carbonyl (C=O) groups excluding carboxylic acids is 1. The van der Waals surface area contributed by atoms with Gasteiger partial charge in [-0.1, -0.05) is 17.7 Å². The lowest BCUT2D eigenvalue weighted by Crippen LogP contribution is -2.47. The first-order valence-corrected chi connectivity index (χ1v) is 11.5. The molecule has 1 aliphatic rings. The van der Waals surface area contributed by atoms with Gasteiger partial charge in [0.1, 0.15) is 0 Å². The summed E-state index contributed by atoms with van der Waals surface area (Å²) in [5.41, 5.74) is 1.98. The zero-order chi connectivity index (χ0) is 21.7. The average Bonchev–Trinajstić information content (AvgIpc) is 2.77. The fourth-order valence-corrected chi connectivity index (χ4v) is 4.52. The van der Waals surface area contributed by atoms with Gasteiger partial charge >= 0.3 is 0 Å². The van der Waals surface area contributed by atoms with Crippen LogP contribution in [0.4, 0.5) is 5.69 Å². The minimum Gasteiger partial charge on any atom is -0.379 e. The number of sulfonamides is 1. The Kier molecular flexibility index (Phi) is 7.12. The van der Waals surface area contributed by atoms with Crippen LogP contribution in [-0.4, -0.2) is 65.2 Å². The minimum atomic E-state index is -3.66. The predicted molar refractivity (Wildman–Crippen MR) is 117 cm³/mol. The van der Waals surface area contributed by atoms with Gasteiger partial charge in [-0.15, -0.1) is 0 Å². The first-order chi connectivity index (χ1) is 14.3. The topological polar surface area (TPSA) is 79.0 Å². The standard InChI is InChI=1S/C22H29N3O4S/c1-17-4-10-21(11-5-17)30(27,28)24(3)20-8-6-19(7-9-20)22(26)23-16-18(2)25-12-14-29-15-13-25/h4-11,18H,12-16H2,1-3H3,(H,23,26). The summed E-state index contributed by atoms with van der Waals surface area (Å²) in [6, 6.07) is 13.5. The van der Waals surface area contributed by atoms with Crippen molar-refractivity contribution in [3.63, 3.8) is 0 Å². The number of rotatable bonds is 7. The number of hydrogen-bond acceptors (Lipinski definition) is 5. The van der Waals surface area contributed by atoms with Gasteiger partial charge in [0, 0.05) is 38.3 Å². The Hall–Kier alpha value is -2.42. The second-order valence-electron chi connectivity index (χ2n) is 7.54. The molecule has 1 amide bonds. The number of nitrogens with one attached hydrogen (secondary N) is 1. The summed E-state index contributed by atoms with van der Waals surface area (Å²) in [5.74, 6) is -0.175. The maximum Gasteiger partial charge on any atom is 0.264 e. The lowest BCUT2D eigenvalue weighted by Gasteiger charge is -2.32. The lowest BCUT2D eigenvalue weighted by molar-refractivity contribution is 0.0204. The molecule has 3 rings (SSSR count). The fraction of sp³-hybridized carbons (Fsp3) is 0.409. The molecule has 1 saturated heterocycles. The summed E-state index contributed by atoms with van der Waals surface area (Å²) in [4.78, 5) is 15.0. The molecule has 2 aromatic rings. The van der Waals surface area contributed by atoms with Gasteiger partial charge in [-0.2, -0.15) is 0 Å². The molecule has 8 heteroatoms. The van der Waals surface area contributed by atoms with Crippen LogP contribution in [0.2, 0.25) is 0 Å². The van der Waals surface area contributed by atoms with E-state index in [4.69, 9.17) is 4.74 Å². The molecule has 162 valence electrons. The van der Waals surface area contributed by atoms with Gasteiger partial charge in [0.2, 0.25) is 0 Å². The van der Waals surface area contributed by atoms with Crippen LogP contribution in [0.1, 0.15) is 22.8 Å². The molecule has 0 aromatic heterocycles. The van der Waals surface area contributed by atoms with E-state index in [1.165, 1.54) is 11.4 Å². The van der Waals surface area contributed by atoms with E-state index in [1.54, 1.807) is 48.5 Å². The molecular weight excluding hydrogens is 402 g/mol. The number of amides is 1. The zero-order valence-corrected chi connectivity index (χ0v) is 18.5. The third-order valence-corrected chi connectivity index (χ3v) is 7.20. The van der Waals surface area contributed by atoms with Crippen LogP contribution in [-0.2, 0) is 14.8 Å². The van der Waals surface area contributed by atoms with Crippen molar-refractivity contribution in [2.75, 3.05) is 44.2 Å². The molecule has 30 heavy (non-hydrogen) atoms. The number of ether oxygens (including phenoxy) is 1. The van der Waals surface area contributed by atoms with Crippen LogP contribution in [0.25, 0.3) is 0 Å². The van der Waals surface area contributed by atoms with Crippen molar-refractivity contribution < 1.29 is 17.9 Å². The van der Waals surface area contributed by atoms with Crippen molar-refractivity contribution in [3.8, 4) is 0 Å². The molecule has 7 nitrogen and oxygen atoms in total. The molecule has 1 N–H and O–H groups in total. The van der Waals surface area contributed by atoms with Crippen LogP contribution >= 0.6 is 0 Å². The molecular formula is C22H29N3O4S.